The van der Waals surface area contributed by atoms with Gasteiger partial charge in [0.25, 0.3) is 5.91 Å². The first kappa shape index (κ1) is 16.7. The van der Waals surface area contributed by atoms with Crippen LogP contribution in [0.15, 0.2) is 36.4 Å². The summed E-state index contributed by atoms with van der Waals surface area (Å²) in [6.45, 7) is 5.64. The maximum absolute atomic E-state index is 12.2. The first-order chi connectivity index (χ1) is 10.4. The molecular weight excluding hydrogens is 321 g/mol. The molecule has 5 heteroatoms. The third-order valence-corrected chi connectivity index (χ3v) is 3.75. The highest BCUT2D eigenvalue weighted by molar-refractivity contribution is 6.35. The molecule has 1 amide bonds. The normalized spacial score (nSPS) is 11.9. The lowest BCUT2D eigenvalue weighted by molar-refractivity contribution is -0.122. The fraction of sp³-hybridized carbons (Fsp3) is 0.235. The summed E-state index contributed by atoms with van der Waals surface area (Å²) in [6.07, 6.45) is -0.656. The number of hydrogen-bond acceptors (Lipinski definition) is 2. The summed E-state index contributed by atoms with van der Waals surface area (Å²) in [5.74, 6) is 0.398. The molecule has 0 spiro atoms. The van der Waals surface area contributed by atoms with Gasteiger partial charge in [-0.2, -0.15) is 0 Å². The van der Waals surface area contributed by atoms with E-state index in [0.29, 0.717) is 21.5 Å². The largest absolute Gasteiger partial charge is 0.481 e. The first-order valence-electron chi connectivity index (χ1n) is 6.86. The SMILES string of the molecule is Cc1ccc(OC(C)C(=O)Nc2cc(Cl)ccc2Cl)c(C)c1. The number of amides is 1. The molecule has 116 valence electrons. The topological polar surface area (TPSA) is 38.3 Å². The Hall–Kier alpha value is -1.71. The van der Waals surface area contributed by atoms with Crippen molar-refractivity contribution in [3.05, 3.63) is 57.6 Å². The van der Waals surface area contributed by atoms with Gasteiger partial charge >= 0.3 is 0 Å². The summed E-state index contributed by atoms with van der Waals surface area (Å²) in [5.41, 5.74) is 2.60. The van der Waals surface area contributed by atoms with Crippen LogP contribution in [0.5, 0.6) is 5.75 Å². The average molecular weight is 338 g/mol. The molecule has 1 atom stereocenters. The molecule has 2 rings (SSSR count). The predicted octanol–water partition coefficient (Wildman–Crippen LogP) is 5.02. The van der Waals surface area contributed by atoms with E-state index >= 15 is 0 Å². The Balaban J connectivity index is 2.07. The van der Waals surface area contributed by atoms with Crippen molar-refractivity contribution in [2.24, 2.45) is 0 Å². The van der Waals surface area contributed by atoms with Gasteiger partial charge < -0.3 is 10.1 Å². The van der Waals surface area contributed by atoms with Crippen molar-refractivity contribution in [2.75, 3.05) is 5.32 Å². The highest BCUT2D eigenvalue weighted by atomic mass is 35.5. The van der Waals surface area contributed by atoms with Crippen molar-refractivity contribution in [2.45, 2.75) is 26.9 Å². The minimum absolute atomic E-state index is 0.288. The van der Waals surface area contributed by atoms with Gasteiger partial charge in [-0.15, -0.1) is 0 Å². The zero-order chi connectivity index (χ0) is 16.3. The van der Waals surface area contributed by atoms with Gasteiger partial charge in [-0.3, -0.25) is 4.79 Å². The third kappa shape index (κ3) is 4.15. The molecule has 0 saturated heterocycles. The first-order valence-corrected chi connectivity index (χ1v) is 7.62. The fourth-order valence-electron chi connectivity index (χ4n) is 2.00. The maximum atomic E-state index is 12.2. The minimum Gasteiger partial charge on any atom is -0.481 e. The zero-order valence-electron chi connectivity index (χ0n) is 12.6. The average Bonchev–Trinajstić information content (AvgIpc) is 2.45. The number of anilines is 1. The monoisotopic (exact) mass is 337 g/mol. The molecule has 0 aromatic heterocycles. The molecule has 2 aromatic rings. The number of benzene rings is 2. The van der Waals surface area contributed by atoms with Crippen molar-refractivity contribution in [1.29, 1.82) is 0 Å². The quantitative estimate of drug-likeness (QED) is 0.850. The number of carbonyl (C=O) groups excluding carboxylic acids is 1. The van der Waals surface area contributed by atoms with E-state index in [1.165, 1.54) is 0 Å². The van der Waals surface area contributed by atoms with E-state index in [4.69, 9.17) is 27.9 Å². The molecular formula is C17H17Cl2NO2. The van der Waals surface area contributed by atoms with Crippen LogP contribution >= 0.6 is 23.2 Å². The van der Waals surface area contributed by atoms with Gasteiger partial charge in [-0.05, 0) is 50.6 Å². The Kier molecular flexibility index (Phi) is 5.33. The molecule has 0 saturated carbocycles. The van der Waals surface area contributed by atoms with Gasteiger partial charge in [0.05, 0.1) is 10.7 Å². The molecule has 0 aliphatic heterocycles. The molecule has 0 fully saturated rings. The number of halogens is 2. The van der Waals surface area contributed by atoms with Crippen molar-refractivity contribution < 1.29 is 9.53 Å². The van der Waals surface area contributed by atoms with Gasteiger partial charge in [0.15, 0.2) is 6.10 Å². The van der Waals surface area contributed by atoms with Crippen LogP contribution in [-0.2, 0) is 4.79 Å². The van der Waals surface area contributed by atoms with Gasteiger partial charge in [-0.1, -0.05) is 40.9 Å². The standard InChI is InChI=1S/C17H17Cl2NO2/c1-10-4-7-16(11(2)8-10)22-12(3)17(21)20-15-9-13(18)5-6-14(15)19/h4-9,12H,1-3H3,(H,20,21). The Bertz CT molecular complexity index is 701. The molecule has 1 N–H and O–H groups in total. The van der Waals surface area contributed by atoms with E-state index in [1.54, 1.807) is 25.1 Å². The summed E-state index contributed by atoms with van der Waals surface area (Å²) in [5, 5.41) is 3.65. The van der Waals surface area contributed by atoms with Crippen LogP contribution in [0.3, 0.4) is 0 Å². The molecule has 3 nitrogen and oxygen atoms in total. The van der Waals surface area contributed by atoms with Crippen molar-refractivity contribution in [3.8, 4) is 5.75 Å². The maximum Gasteiger partial charge on any atom is 0.265 e. The molecule has 0 aliphatic carbocycles. The van der Waals surface area contributed by atoms with Crippen molar-refractivity contribution >= 4 is 34.8 Å². The third-order valence-electron chi connectivity index (χ3n) is 3.19. The summed E-state index contributed by atoms with van der Waals surface area (Å²) in [7, 11) is 0. The Morgan fingerprint density at radius 3 is 2.55 bits per heavy atom. The van der Waals surface area contributed by atoms with Gasteiger partial charge in [0.1, 0.15) is 5.75 Å². The van der Waals surface area contributed by atoms with E-state index in [0.717, 1.165) is 11.1 Å². The Labute approximate surface area is 140 Å². The Morgan fingerprint density at radius 1 is 1.14 bits per heavy atom. The molecule has 1 unspecified atom stereocenters. The van der Waals surface area contributed by atoms with Gasteiger partial charge in [0, 0.05) is 5.02 Å². The molecule has 0 bridgehead atoms. The molecule has 22 heavy (non-hydrogen) atoms. The van der Waals surface area contributed by atoms with Gasteiger partial charge in [-0.25, -0.2) is 0 Å². The van der Waals surface area contributed by atoms with Crippen LogP contribution in [0.2, 0.25) is 10.0 Å². The van der Waals surface area contributed by atoms with E-state index < -0.39 is 6.10 Å². The number of hydrogen-bond donors (Lipinski definition) is 1. The summed E-state index contributed by atoms with van der Waals surface area (Å²) >= 11 is 11.9. The van der Waals surface area contributed by atoms with Crippen LogP contribution in [0, 0.1) is 13.8 Å². The smallest absolute Gasteiger partial charge is 0.265 e. The zero-order valence-corrected chi connectivity index (χ0v) is 14.1. The van der Waals surface area contributed by atoms with E-state index in [9.17, 15) is 4.79 Å². The lowest BCUT2D eigenvalue weighted by Gasteiger charge is -2.17. The number of rotatable bonds is 4. The second kappa shape index (κ2) is 7.03. The van der Waals surface area contributed by atoms with Crippen molar-refractivity contribution in [3.63, 3.8) is 0 Å². The second-order valence-corrected chi connectivity index (χ2v) is 5.99. The highest BCUT2D eigenvalue weighted by Crippen LogP contribution is 2.26. The fourth-order valence-corrected chi connectivity index (χ4v) is 2.34. The number of aryl methyl sites for hydroxylation is 2. The van der Waals surface area contributed by atoms with Crippen LogP contribution in [0.4, 0.5) is 5.69 Å². The number of ether oxygens (including phenoxy) is 1. The summed E-state index contributed by atoms with van der Waals surface area (Å²) in [6, 6.07) is 10.7. The van der Waals surface area contributed by atoms with Crippen LogP contribution in [0.25, 0.3) is 0 Å². The van der Waals surface area contributed by atoms with Crippen LogP contribution in [-0.4, -0.2) is 12.0 Å². The highest BCUT2D eigenvalue weighted by Gasteiger charge is 2.17. The van der Waals surface area contributed by atoms with E-state index in [2.05, 4.69) is 5.32 Å². The molecule has 2 aromatic carbocycles. The van der Waals surface area contributed by atoms with E-state index in [-0.39, 0.29) is 5.91 Å². The number of carbonyl (C=O) groups is 1. The van der Waals surface area contributed by atoms with Crippen LogP contribution in [0.1, 0.15) is 18.1 Å². The Morgan fingerprint density at radius 2 is 1.86 bits per heavy atom. The predicted molar refractivity (Wildman–Crippen MR) is 91.1 cm³/mol. The lowest BCUT2D eigenvalue weighted by atomic mass is 10.1. The number of nitrogens with one attached hydrogen (secondary N) is 1. The summed E-state index contributed by atoms with van der Waals surface area (Å²) < 4.78 is 5.72. The molecule has 0 aliphatic rings. The molecule has 0 heterocycles. The van der Waals surface area contributed by atoms with Crippen LogP contribution < -0.4 is 10.1 Å². The van der Waals surface area contributed by atoms with Gasteiger partial charge in [0.2, 0.25) is 0 Å². The summed E-state index contributed by atoms with van der Waals surface area (Å²) in [4.78, 5) is 12.2. The minimum atomic E-state index is -0.656. The van der Waals surface area contributed by atoms with Crippen molar-refractivity contribution in [1.82, 2.24) is 0 Å². The molecule has 0 radical (unpaired) electrons. The second-order valence-electron chi connectivity index (χ2n) is 5.14. The van der Waals surface area contributed by atoms with E-state index in [1.807, 2.05) is 32.0 Å². The lowest BCUT2D eigenvalue weighted by Crippen LogP contribution is -2.30.